The molecule has 9 heteroatoms. The van der Waals surface area contributed by atoms with Gasteiger partial charge < -0.3 is 30.0 Å². The lowest BCUT2D eigenvalue weighted by Gasteiger charge is -2.29. The summed E-state index contributed by atoms with van der Waals surface area (Å²) in [6, 6.07) is 0.273. The predicted molar refractivity (Wildman–Crippen MR) is 125 cm³/mol. The first-order valence-corrected chi connectivity index (χ1v) is 12.0. The minimum absolute atomic E-state index is 0.000753. The summed E-state index contributed by atoms with van der Waals surface area (Å²) in [5.41, 5.74) is -0.919. The van der Waals surface area contributed by atoms with Crippen LogP contribution in [0.5, 0.6) is 0 Å². The highest BCUT2D eigenvalue weighted by Crippen LogP contribution is 2.22. The second-order valence-electron chi connectivity index (χ2n) is 10.9. The first-order chi connectivity index (χ1) is 15.1. The summed E-state index contributed by atoms with van der Waals surface area (Å²) in [5, 5.41) is 15.0. The number of hydrogen-bond donors (Lipinski definition) is 3. The van der Waals surface area contributed by atoms with Gasteiger partial charge in [0.2, 0.25) is 0 Å². The average Bonchev–Trinajstić information content (AvgIpc) is 2.62. The Hall–Kier alpha value is -2.03. The van der Waals surface area contributed by atoms with Crippen LogP contribution in [0.15, 0.2) is 0 Å². The van der Waals surface area contributed by atoms with Crippen LogP contribution >= 0.6 is 0 Å². The fourth-order valence-corrected chi connectivity index (χ4v) is 3.73. The molecule has 0 aliphatic heterocycles. The molecule has 2 aliphatic rings. The van der Waals surface area contributed by atoms with Gasteiger partial charge in [-0.1, -0.05) is 0 Å². The minimum atomic E-state index is -0.473. The molecule has 0 radical (unpaired) electrons. The number of nitrogens with one attached hydrogen (secondary N) is 2. The molecule has 2 rings (SSSR count). The van der Waals surface area contributed by atoms with Crippen LogP contribution < -0.4 is 10.6 Å². The van der Waals surface area contributed by atoms with E-state index in [1.165, 1.54) is 6.92 Å². The SMILES string of the molecule is CC(=O)OC1CCC(NC(=O)OC(C)(C)C)CC1.CC(C)(C)OC(=O)NC1CCC(O)CC1. The van der Waals surface area contributed by atoms with E-state index in [1.807, 2.05) is 41.5 Å². The first-order valence-electron chi connectivity index (χ1n) is 12.0. The quantitative estimate of drug-likeness (QED) is 0.415. The fraction of sp³-hybridized carbons (Fsp3) is 0.875. The molecule has 9 nitrogen and oxygen atoms in total. The van der Waals surface area contributed by atoms with Crippen LogP contribution in [0.3, 0.4) is 0 Å². The third-order valence-corrected chi connectivity index (χ3v) is 5.15. The molecule has 0 heterocycles. The second-order valence-corrected chi connectivity index (χ2v) is 10.9. The van der Waals surface area contributed by atoms with Gasteiger partial charge in [0.1, 0.15) is 17.3 Å². The summed E-state index contributed by atoms with van der Waals surface area (Å²) in [7, 11) is 0. The number of rotatable bonds is 3. The maximum absolute atomic E-state index is 11.6. The van der Waals surface area contributed by atoms with Gasteiger partial charge >= 0.3 is 18.2 Å². The largest absolute Gasteiger partial charge is 0.463 e. The van der Waals surface area contributed by atoms with Crippen LogP contribution in [0, 0.1) is 0 Å². The molecule has 3 N–H and O–H groups in total. The fourth-order valence-electron chi connectivity index (χ4n) is 3.73. The third kappa shape index (κ3) is 14.7. The van der Waals surface area contributed by atoms with Crippen molar-refractivity contribution in [1.29, 1.82) is 0 Å². The Labute approximate surface area is 198 Å². The zero-order valence-corrected chi connectivity index (χ0v) is 21.4. The highest BCUT2D eigenvalue weighted by atomic mass is 16.6. The molecule has 2 saturated carbocycles. The van der Waals surface area contributed by atoms with Gasteiger partial charge in [0.15, 0.2) is 0 Å². The molecule has 0 aromatic rings. The van der Waals surface area contributed by atoms with Gasteiger partial charge in [-0.2, -0.15) is 0 Å². The molecule has 0 aromatic carbocycles. The number of aliphatic hydroxyl groups excluding tert-OH is 1. The number of carbonyl (C=O) groups excluding carboxylic acids is 3. The van der Waals surface area contributed by atoms with E-state index in [0.717, 1.165) is 51.4 Å². The normalized spacial score (nSPS) is 25.6. The van der Waals surface area contributed by atoms with E-state index in [-0.39, 0.29) is 42.4 Å². The number of hydrogen-bond acceptors (Lipinski definition) is 7. The van der Waals surface area contributed by atoms with Gasteiger partial charge in [0.05, 0.1) is 6.10 Å². The lowest BCUT2D eigenvalue weighted by atomic mass is 9.93. The van der Waals surface area contributed by atoms with Crippen LogP contribution in [-0.4, -0.2) is 58.8 Å². The van der Waals surface area contributed by atoms with E-state index in [2.05, 4.69) is 10.6 Å². The zero-order chi connectivity index (χ0) is 25.2. The van der Waals surface area contributed by atoms with Gasteiger partial charge in [-0.25, -0.2) is 9.59 Å². The van der Waals surface area contributed by atoms with Crippen molar-refractivity contribution >= 4 is 18.2 Å². The molecule has 33 heavy (non-hydrogen) atoms. The van der Waals surface area contributed by atoms with Crippen molar-refractivity contribution in [1.82, 2.24) is 10.6 Å². The Bertz CT molecular complexity index is 624. The van der Waals surface area contributed by atoms with Crippen LogP contribution in [-0.2, 0) is 19.0 Å². The molecule has 0 saturated heterocycles. The van der Waals surface area contributed by atoms with E-state index in [9.17, 15) is 19.5 Å². The van der Waals surface area contributed by atoms with Crippen LogP contribution in [0.2, 0.25) is 0 Å². The van der Waals surface area contributed by atoms with Crippen molar-refractivity contribution in [2.75, 3.05) is 0 Å². The second kappa shape index (κ2) is 13.0. The number of esters is 1. The van der Waals surface area contributed by atoms with Gasteiger partial charge in [-0.15, -0.1) is 0 Å². The zero-order valence-electron chi connectivity index (χ0n) is 21.4. The first kappa shape index (κ1) is 29.0. The number of carbonyl (C=O) groups is 3. The van der Waals surface area contributed by atoms with Crippen LogP contribution in [0.1, 0.15) is 99.8 Å². The lowest BCUT2D eigenvalue weighted by molar-refractivity contribution is -0.147. The van der Waals surface area contributed by atoms with Gasteiger partial charge in [0.25, 0.3) is 0 Å². The van der Waals surface area contributed by atoms with E-state index in [4.69, 9.17) is 14.2 Å². The summed E-state index contributed by atoms with van der Waals surface area (Å²) >= 11 is 0. The van der Waals surface area contributed by atoms with Crippen LogP contribution in [0.4, 0.5) is 9.59 Å². The van der Waals surface area contributed by atoms with Crippen LogP contribution in [0.25, 0.3) is 0 Å². The van der Waals surface area contributed by atoms with Gasteiger partial charge in [-0.3, -0.25) is 4.79 Å². The molecule has 2 aliphatic carbocycles. The van der Waals surface area contributed by atoms with Crippen molar-refractivity contribution in [3.63, 3.8) is 0 Å². The van der Waals surface area contributed by atoms with E-state index in [0.29, 0.717) is 0 Å². The monoisotopic (exact) mass is 472 g/mol. The summed E-state index contributed by atoms with van der Waals surface area (Å²) in [5.74, 6) is -0.237. The Morgan fingerprint density at radius 2 is 1.06 bits per heavy atom. The van der Waals surface area contributed by atoms with Crippen molar-refractivity contribution in [3.05, 3.63) is 0 Å². The lowest BCUT2D eigenvalue weighted by Crippen LogP contribution is -2.42. The number of amides is 2. The molecule has 0 aromatic heterocycles. The number of ether oxygens (including phenoxy) is 3. The molecule has 0 spiro atoms. The summed E-state index contributed by atoms with van der Waals surface area (Å²) in [6.45, 7) is 12.5. The smallest absolute Gasteiger partial charge is 0.407 e. The highest BCUT2D eigenvalue weighted by Gasteiger charge is 2.26. The van der Waals surface area contributed by atoms with Crippen molar-refractivity contribution in [3.8, 4) is 0 Å². The Morgan fingerprint density at radius 1 is 0.697 bits per heavy atom. The minimum Gasteiger partial charge on any atom is -0.463 e. The topological polar surface area (TPSA) is 123 Å². The Morgan fingerprint density at radius 3 is 1.39 bits per heavy atom. The number of aliphatic hydroxyl groups is 1. The Kier molecular flexibility index (Phi) is 11.4. The van der Waals surface area contributed by atoms with Crippen molar-refractivity contribution in [2.45, 2.75) is 135 Å². The van der Waals surface area contributed by atoms with E-state index < -0.39 is 11.2 Å². The third-order valence-electron chi connectivity index (χ3n) is 5.15. The molecule has 2 amide bonds. The predicted octanol–water partition coefficient (Wildman–Crippen LogP) is 4.20. The highest BCUT2D eigenvalue weighted by molar-refractivity contribution is 5.68. The standard InChI is InChI=1S/C13H23NO4.C11H21NO3/c1-9(15)17-11-7-5-10(6-8-11)14-12(16)18-13(2,3)4;1-11(2,3)15-10(14)12-8-4-6-9(13)7-5-8/h10-11H,5-8H2,1-4H3,(H,14,16);8-9,13H,4-7H2,1-3H3,(H,12,14). The Balaban J connectivity index is 0.000000335. The van der Waals surface area contributed by atoms with Gasteiger partial charge in [0, 0.05) is 19.0 Å². The summed E-state index contributed by atoms with van der Waals surface area (Å²) in [6.07, 6.45) is 5.49. The molecular formula is C24H44N2O7. The number of alkyl carbamates (subject to hydrolysis) is 2. The molecule has 0 atom stereocenters. The average molecular weight is 473 g/mol. The van der Waals surface area contributed by atoms with Crippen molar-refractivity contribution in [2.24, 2.45) is 0 Å². The van der Waals surface area contributed by atoms with E-state index in [1.54, 1.807) is 0 Å². The molecule has 0 unspecified atom stereocenters. The van der Waals surface area contributed by atoms with Gasteiger partial charge in [-0.05, 0) is 92.9 Å². The summed E-state index contributed by atoms with van der Waals surface area (Å²) < 4.78 is 15.5. The molecular weight excluding hydrogens is 428 g/mol. The molecule has 0 bridgehead atoms. The molecule has 192 valence electrons. The summed E-state index contributed by atoms with van der Waals surface area (Å²) in [4.78, 5) is 33.8. The maximum atomic E-state index is 11.6. The molecule has 2 fully saturated rings. The van der Waals surface area contributed by atoms with E-state index >= 15 is 0 Å². The van der Waals surface area contributed by atoms with Crippen molar-refractivity contribution < 1.29 is 33.7 Å². The maximum Gasteiger partial charge on any atom is 0.407 e.